The predicted molar refractivity (Wildman–Crippen MR) is 80.2 cm³/mol. The largest absolute Gasteiger partial charge is 0.384 e. The van der Waals surface area contributed by atoms with E-state index < -0.39 is 0 Å². The van der Waals surface area contributed by atoms with E-state index in [0.29, 0.717) is 39.2 Å². The molecule has 114 valence electrons. The zero-order valence-electron chi connectivity index (χ0n) is 12.7. The number of ether oxygens (including phenoxy) is 1. The molecule has 0 aromatic heterocycles. The first-order valence-corrected chi connectivity index (χ1v) is 7.25. The van der Waals surface area contributed by atoms with E-state index in [2.05, 4.69) is 0 Å². The highest BCUT2D eigenvalue weighted by Crippen LogP contribution is 2.13. The van der Waals surface area contributed by atoms with Gasteiger partial charge < -0.3 is 14.5 Å². The van der Waals surface area contributed by atoms with Crippen LogP contribution in [0.5, 0.6) is 0 Å². The summed E-state index contributed by atoms with van der Waals surface area (Å²) in [7, 11) is 1.59. The second kappa shape index (κ2) is 7.22. The molecule has 0 saturated carbocycles. The minimum absolute atomic E-state index is 0.0529. The van der Waals surface area contributed by atoms with Crippen LogP contribution >= 0.6 is 0 Å². The number of carbonyl (C=O) groups excluding carboxylic acids is 2. The van der Waals surface area contributed by atoms with E-state index in [0.717, 1.165) is 11.1 Å². The molecule has 0 N–H and O–H groups in total. The second-order valence-electron chi connectivity index (χ2n) is 5.23. The molecule has 1 fully saturated rings. The van der Waals surface area contributed by atoms with Gasteiger partial charge in [0.25, 0.3) is 5.91 Å². The maximum Gasteiger partial charge on any atom is 0.254 e. The molecule has 0 unspecified atom stereocenters. The topological polar surface area (TPSA) is 49.9 Å². The lowest BCUT2D eigenvalue weighted by Crippen LogP contribution is -2.50. The highest BCUT2D eigenvalue weighted by molar-refractivity contribution is 5.95. The van der Waals surface area contributed by atoms with E-state index in [-0.39, 0.29) is 11.8 Å². The fourth-order valence-electron chi connectivity index (χ4n) is 2.49. The smallest absolute Gasteiger partial charge is 0.254 e. The van der Waals surface area contributed by atoms with E-state index in [4.69, 9.17) is 4.74 Å². The van der Waals surface area contributed by atoms with Crippen LogP contribution in [0.1, 0.15) is 22.3 Å². The number of carbonyl (C=O) groups is 2. The van der Waals surface area contributed by atoms with Crippen molar-refractivity contribution in [1.29, 1.82) is 0 Å². The molecule has 21 heavy (non-hydrogen) atoms. The zero-order valence-corrected chi connectivity index (χ0v) is 12.7. The SMILES string of the molecule is COCCC(=O)N1CCN(C(=O)c2ccccc2C)CC1. The molecule has 0 atom stereocenters. The summed E-state index contributed by atoms with van der Waals surface area (Å²) in [6.45, 7) is 4.76. The van der Waals surface area contributed by atoms with Crippen molar-refractivity contribution in [2.45, 2.75) is 13.3 Å². The van der Waals surface area contributed by atoms with Crippen LogP contribution in [0.3, 0.4) is 0 Å². The summed E-state index contributed by atoms with van der Waals surface area (Å²) in [6.07, 6.45) is 0.405. The van der Waals surface area contributed by atoms with E-state index in [9.17, 15) is 9.59 Å². The lowest BCUT2D eigenvalue weighted by atomic mass is 10.1. The Morgan fingerprint density at radius 1 is 1.10 bits per heavy atom. The van der Waals surface area contributed by atoms with Crippen LogP contribution in [0, 0.1) is 6.92 Å². The molecule has 1 aliphatic heterocycles. The average molecular weight is 290 g/mol. The number of benzene rings is 1. The Balaban J connectivity index is 1.91. The summed E-state index contributed by atoms with van der Waals surface area (Å²) in [4.78, 5) is 28.0. The molecule has 0 radical (unpaired) electrons. The Morgan fingerprint density at radius 3 is 2.33 bits per heavy atom. The van der Waals surface area contributed by atoms with Crippen molar-refractivity contribution in [3.63, 3.8) is 0 Å². The van der Waals surface area contributed by atoms with E-state index in [1.54, 1.807) is 12.0 Å². The number of hydrogen-bond donors (Lipinski definition) is 0. The van der Waals surface area contributed by atoms with Crippen molar-refractivity contribution in [3.8, 4) is 0 Å². The van der Waals surface area contributed by atoms with Crippen LogP contribution in [-0.2, 0) is 9.53 Å². The zero-order chi connectivity index (χ0) is 15.2. The van der Waals surface area contributed by atoms with Gasteiger partial charge in [0.2, 0.25) is 5.91 Å². The molecule has 5 nitrogen and oxygen atoms in total. The highest BCUT2D eigenvalue weighted by atomic mass is 16.5. The van der Waals surface area contributed by atoms with Crippen LogP contribution in [0.2, 0.25) is 0 Å². The van der Waals surface area contributed by atoms with Crippen molar-refractivity contribution in [1.82, 2.24) is 9.80 Å². The molecule has 0 bridgehead atoms. The van der Waals surface area contributed by atoms with Crippen LogP contribution in [-0.4, -0.2) is 61.5 Å². The normalized spacial score (nSPS) is 15.1. The van der Waals surface area contributed by atoms with Gasteiger partial charge in [-0.25, -0.2) is 0 Å². The first kappa shape index (κ1) is 15.5. The predicted octanol–water partition coefficient (Wildman–Crippen LogP) is 1.32. The molecule has 1 saturated heterocycles. The molecule has 1 aliphatic rings. The fraction of sp³-hybridized carbons (Fsp3) is 0.500. The first-order chi connectivity index (χ1) is 10.1. The van der Waals surface area contributed by atoms with Gasteiger partial charge >= 0.3 is 0 Å². The Labute approximate surface area is 125 Å². The second-order valence-corrected chi connectivity index (χ2v) is 5.23. The molecular formula is C16H22N2O3. The van der Waals surface area contributed by atoms with Crippen LogP contribution in [0.25, 0.3) is 0 Å². The Bertz CT molecular complexity index is 508. The molecule has 2 amide bonds. The number of aryl methyl sites for hydroxylation is 1. The number of piperazine rings is 1. The minimum atomic E-state index is 0.0529. The maximum atomic E-state index is 12.5. The summed E-state index contributed by atoms with van der Waals surface area (Å²) < 4.78 is 4.92. The molecule has 1 aromatic rings. The molecule has 1 heterocycles. The number of rotatable bonds is 4. The fourth-order valence-corrected chi connectivity index (χ4v) is 2.49. The third kappa shape index (κ3) is 3.82. The molecular weight excluding hydrogens is 268 g/mol. The van der Waals surface area contributed by atoms with E-state index in [1.165, 1.54) is 0 Å². The lowest BCUT2D eigenvalue weighted by Gasteiger charge is -2.35. The van der Waals surface area contributed by atoms with Crippen molar-refractivity contribution < 1.29 is 14.3 Å². The Hall–Kier alpha value is -1.88. The first-order valence-electron chi connectivity index (χ1n) is 7.25. The van der Waals surface area contributed by atoms with Gasteiger partial charge in [0, 0.05) is 38.9 Å². The number of amides is 2. The lowest BCUT2D eigenvalue weighted by molar-refractivity contribution is -0.133. The Morgan fingerprint density at radius 2 is 1.71 bits per heavy atom. The van der Waals surface area contributed by atoms with Gasteiger partial charge in [-0.15, -0.1) is 0 Å². The summed E-state index contributed by atoms with van der Waals surface area (Å²) >= 11 is 0. The van der Waals surface area contributed by atoms with Gasteiger partial charge in [-0.05, 0) is 18.6 Å². The van der Waals surface area contributed by atoms with Gasteiger partial charge in [0.15, 0.2) is 0 Å². The number of hydrogen-bond acceptors (Lipinski definition) is 3. The monoisotopic (exact) mass is 290 g/mol. The van der Waals surface area contributed by atoms with E-state index >= 15 is 0 Å². The third-order valence-corrected chi connectivity index (χ3v) is 3.82. The molecule has 2 rings (SSSR count). The van der Waals surface area contributed by atoms with Gasteiger partial charge in [0.05, 0.1) is 13.0 Å². The third-order valence-electron chi connectivity index (χ3n) is 3.82. The van der Waals surface area contributed by atoms with E-state index in [1.807, 2.05) is 36.1 Å². The standard InChI is InChI=1S/C16H22N2O3/c1-13-5-3-4-6-14(13)16(20)18-10-8-17(9-11-18)15(19)7-12-21-2/h3-6H,7-12H2,1-2H3. The molecule has 5 heteroatoms. The van der Waals surface area contributed by atoms with Crippen LogP contribution in [0.15, 0.2) is 24.3 Å². The average Bonchev–Trinajstić information content (AvgIpc) is 2.52. The van der Waals surface area contributed by atoms with Gasteiger partial charge in [-0.3, -0.25) is 9.59 Å². The summed E-state index contributed by atoms with van der Waals surface area (Å²) in [6, 6.07) is 7.61. The van der Waals surface area contributed by atoms with Crippen molar-refractivity contribution in [2.24, 2.45) is 0 Å². The van der Waals surface area contributed by atoms with Crippen LogP contribution in [0.4, 0.5) is 0 Å². The van der Waals surface area contributed by atoms with Crippen molar-refractivity contribution in [3.05, 3.63) is 35.4 Å². The summed E-state index contributed by atoms with van der Waals surface area (Å²) in [5.41, 5.74) is 1.73. The maximum absolute atomic E-state index is 12.5. The highest BCUT2D eigenvalue weighted by Gasteiger charge is 2.25. The van der Waals surface area contributed by atoms with Crippen molar-refractivity contribution in [2.75, 3.05) is 39.9 Å². The number of nitrogens with zero attached hydrogens (tertiary/aromatic N) is 2. The van der Waals surface area contributed by atoms with Crippen molar-refractivity contribution >= 4 is 11.8 Å². The minimum Gasteiger partial charge on any atom is -0.384 e. The Kier molecular flexibility index (Phi) is 5.33. The van der Waals surface area contributed by atoms with Gasteiger partial charge in [-0.2, -0.15) is 0 Å². The number of methoxy groups -OCH3 is 1. The molecule has 0 aliphatic carbocycles. The van der Waals surface area contributed by atoms with Gasteiger partial charge in [0.1, 0.15) is 0 Å². The molecule has 0 spiro atoms. The summed E-state index contributed by atoms with van der Waals surface area (Å²) in [5.74, 6) is 0.150. The molecule has 1 aromatic carbocycles. The quantitative estimate of drug-likeness (QED) is 0.840. The van der Waals surface area contributed by atoms with Gasteiger partial charge in [-0.1, -0.05) is 18.2 Å². The summed E-state index contributed by atoms with van der Waals surface area (Å²) in [5, 5.41) is 0. The van der Waals surface area contributed by atoms with Crippen LogP contribution < -0.4 is 0 Å².